The Morgan fingerprint density at radius 3 is 2.43 bits per heavy atom. The third kappa shape index (κ3) is 3.89. The fourth-order valence-corrected chi connectivity index (χ4v) is 1.92. The molecule has 5 nitrogen and oxygen atoms in total. The zero-order valence-electron chi connectivity index (χ0n) is 11.9. The summed E-state index contributed by atoms with van der Waals surface area (Å²) in [7, 11) is 3.13. The summed E-state index contributed by atoms with van der Waals surface area (Å²) < 4.78 is 10.4. The average molecular weight is 287 g/mol. The summed E-state index contributed by atoms with van der Waals surface area (Å²) in [6.07, 6.45) is 0.189. The Labute approximate surface area is 123 Å². The molecule has 0 fully saturated rings. The van der Waals surface area contributed by atoms with Gasteiger partial charge in [-0.05, 0) is 30.3 Å². The molecule has 5 heteroatoms. The number of phenols is 1. The van der Waals surface area contributed by atoms with Crippen molar-refractivity contribution in [1.82, 2.24) is 0 Å². The first-order valence-corrected chi connectivity index (χ1v) is 6.42. The van der Waals surface area contributed by atoms with E-state index in [-0.39, 0.29) is 18.1 Å². The lowest BCUT2D eigenvalue weighted by Crippen LogP contribution is -2.14. The summed E-state index contributed by atoms with van der Waals surface area (Å²) >= 11 is 0. The van der Waals surface area contributed by atoms with Gasteiger partial charge in [-0.2, -0.15) is 0 Å². The first-order valence-electron chi connectivity index (χ1n) is 6.42. The molecule has 0 saturated carbocycles. The Balaban J connectivity index is 2.07. The van der Waals surface area contributed by atoms with Crippen molar-refractivity contribution >= 4 is 11.6 Å². The zero-order chi connectivity index (χ0) is 15.2. The summed E-state index contributed by atoms with van der Waals surface area (Å²) in [5, 5.41) is 12.0. The van der Waals surface area contributed by atoms with Crippen LogP contribution < -0.4 is 14.8 Å². The van der Waals surface area contributed by atoms with Crippen molar-refractivity contribution in [3.63, 3.8) is 0 Å². The molecule has 0 aromatic heterocycles. The summed E-state index contributed by atoms with van der Waals surface area (Å²) in [5.74, 6) is 1.28. The van der Waals surface area contributed by atoms with Crippen molar-refractivity contribution in [2.45, 2.75) is 6.42 Å². The molecule has 0 radical (unpaired) electrons. The van der Waals surface area contributed by atoms with Crippen LogP contribution in [0.5, 0.6) is 17.2 Å². The third-order valence-electron chi connectivity index (χ3n) is 3.00. The molecule has 21 heavy (non-hydrogen) atoms. The van der Waals surface area contributed by atoms with Crippen molar-refractivity contribution < 1.29 is 19.4 Å². The molecule has 2 aromatic rings. The number of methoxy groups -OCH3 is 2. The molecule has 0 bridgehead atoms. The molecular weight excluding hydrogens is 270 g/mol. The Morgan fingerprint density at radius 1 is 1.10 bits per heavy atom. The maximum absolute atomic E-state index is 12.0. The van der Waals surface area contributed by atoms with Crippen molar-refractivity contribution in [3.05, 3.63) is 48.0 Å². The molecule has 0 spiro atoms. The highest BCUT2D eigenvalue weighted by molar-refractivity contribution is 5.92. The maximum atomic E-state index is 12.0. The van der Waals surface area contributed by atoms with Crippen LogP contribution >= 0.6 is 0 Å². The van der Waals surface area contributed by atoms with E-state index in [1.807, 2.05) is 0 Å². The van der Waals surface area contributed by atoms with Gasteiger partial charge in [0.25, 0.3) is 0 Å². The number of ether oxygens (including phenoxy) is 2. The second-order valence-corrected chi connectivity index (χ2v) is 4.45. The van der Waals surface area contributed by atoms with Gasteiger partial charge in [-0.1, -0.05) is 6.07 Å². The highest BCUT2D eigenvalue weighted by Crippen LogP contribution is 2.25. The summed E-state index contributed by atoms with van der Waals surface area (Å²) in [5.41, 5.74) is 1.40. The summed E-state index contributed by atoms with van der Waals surface area (Å²) in [4.78, 5) is 12.0. The quantitative estimate of drug-likeness (QED) is 0.829. The topological polar surface area (TPSA) is 67.8 Å². The van der Waals surface area contributed by atoms with E-state index in [2.05, 4.69) is 5.32 Å². The molecule has 0 aliphatic heterocycles. The number of benzene rings is 2. The second-order valence-electron chi connectivity index (χ2n) is 4.45. The minimum absolute atomic E-state index is 0.157. The van der Waals surface area contributed by atoms with Gasteiger partial charge >= 0.3 is 0 Å². The number of carbonyl (C=O) groups is 1. The van der Waals surface area contributed by atoms with Crippen LogP contribution in [0.2, 0.25) is 0 Å². The van der Waals surface area contributed by atoms with Crippen LogP contribution in [0.4, 0.5) is 5.69 Å². The third-order valence-corrected chi connectivity index (χ3v) is 3.00. The monoisotopic (exact) mass is 287 g/mol. The van der Waals surface area contributed by atoms with E-state index in [1.165, 1.54) is 12.1 Å². The molecule has 110 valence electrons. The first kappa shape index (κ1) is 14.7. The van der Waals surface area contributed by atoms with Crippen molar-refractivity contribution in [3.8, 4) is 17.2 Å². The molecule has 0 aliphatic carbocycles. The Bertz CT molecular complexity index is 623. The summed E-state index contributed by atoms with van der Waals surface area (Å²) in [6.45, 7) is 0. The lowest BCUT2D eigenvalue weighted by Gasteiger charge is -2.10. The molecule has 2 aromatic carbocycles. The predicted molar refractivity (Wildman–Crippen MR) is 80.0 cm³/mol. The number of aromatic hydroxyl groups is 1. The second kappa shape index (κ2) is 6.65. The largest absolute Gasteiger partial charge is 0.508 e. The zero-order valence-corrected chi connectivity index (χ0v) is 11.9. The van der Waals surface area contributed by atoms with E-state index >= 15 is 0 Å². The SMILES string of the molecule is COc1ccc(CC(=O)Nc2ccc(O)cc2)c(OC)c1. The summed E-state index contributed by atoms with van der Waals surface area (Å²) in [6, 6.07) is 11.6. The highest BCUT2D eigenvalue weighted by atomic mass is 16.5. The lowest BCUT2D eigenvalue weighted by molar-refractivity contribution is -0.115. The minimum atomic E-state index is -0.163. The van der Waals surface area contributed by atoms with Crippen LogP contribution in [0.25, 0.3) is 0 Å². The number of rotatable bonds is 5. The van der Waals surface area contributed by atoms with Gasteiger partial charge in [0, 0.05) is 17.3 Å². The van der Waals surface area contributed by atoms with E-state index in [0.29, 0.717) is 17.2 Å². The van der Waals surface area contributed by atoms with Crippen LogP contribution in [0.3, 0.4) is 0 Å². The number of nitrogens with one attached hydrogen (secondary N) is 1. The molecule has 0 saturated heterocycles. The smallest absolute Gasteiger partial charge is 0.228 e. The fraction of sp³-hybridized carbons (Fsp3) is 0.188. The van der Waals surface area contributed by atoms with Gasteiger partial charge < -0.3 is 19.9 Å². The number of anilines is 1. The molecule has 0 atom stereocenters. The molecule has 1 amide bonds. The average Bonchev–Trinajstić information content (AvgIpc) is 2.50. The molecule has 2 rings (SSSR count). The van der Waals surface area contributed by atoms with E-state index < -0.39 is 0 Å². The van der Waals surface area contributed by atoms with Crippen LogP contribution in [0.1, 0.15) is 5.56 Å². The van der Waals surface area contributed by atoms with Gasteiger partial charge in [-0.3, -0.25) is 4.79 Å². The van der Waals surface area contributed by atoms with Gasteiger partial charge in [-0.15, -0.1) is 0 Å². The van der Waals surface area contributed by atoms with Crippen molar-refractivity contribution in [1.29, 1.82) is 0 Å². The highest BCUT2D eigenvalue weighted by Gasteiger charge is 2.10. The van der Waals surface area contributed by atoms with Gasteiger partial charge in [0.15, 0.2) is 0 Å². The Hall–Kier alpha value is -2.69. The van der Waals surface area contributed by atoms with E-state index in [9.17, 15) is 9.90 Å². The van der Waals surface area contributed by atoms with Crippen LogP contribution in [0, 0.1) is 0 Å². The Morgan fingerprint density at radius 2 is 1.81 bits per heavy atom. The normalized spacial score (nSPS) is 10.0. The van der Waals surface area contributed by atoms with Gasteiger partial charge in [0.2, 0.25) is 5.91 Å². The van der Waals surface area contributed by atoms with Crippen LogP contribution in [-0.2, 0) is 11.2 Å². The van der Waals surface area contributed by atoms with Gasteiger partial charge in [0.1, 0.15) is 17.2 Å². The number of hydrogen-bond acceptors (Lipinski definition) is 4. The van der Waals surface area contributed by atoms with E-state index in [4.69, 9.17) is 9.47 Å². The standard InChI is InChI=1S/C16H17NO4/c1-20-14-8-3-11(15(10-14)21-2)9-16(19)17-12-4-6-13(18)7-5-12/h3-8,10,18H,9H2,1-2H3,(H,17,19). The maximum Gasteiger partial charge on any atom is 0.228 e. The van der Waals surface area contributed by atoms with Gasteiger partial charge in [-0.25, -0.2) is 0 Å². The Kier molecular flexibility index (Phi) is 4.66. The molecule has 0 aliphatic rings. The van der Waals surface area contributed by atoms with E-state index in [0.717, 1.165) is 5.56 Å². The lowest BCUT2D eigenvalue weighted by atomic mass is 10.1. The molecule has 0 heterocycles. The van der Waals surface area contributed by atoms with Crippen LogP contribution in [-0.4, -0.2) is 25.2 Å². The minimum Gasteiger partial charge on any atom is -0.508 e. The molecular formula is C16H17NO4. The first-order chi connectivity index (χ1) is 10.1. The number of hydrogen-bond donors (Lipinski definition) is 2. The number of phenolic OH excluding ortho intramolecular Hbond substituents is 1. The van der Waals surface area contributed by atoms with Crippen molar-refractivity contribution in [2.24, 2.45) is 0 Å². The number of amides is 1. The number of carbonyl (C=O) groups excluding carboxylic acids is 1. The van der Waals surface area contributed by atoms with Gasteiger partial charge in [0.05, 0.1) is 20.6 Å². The fourth-order valence-electron chi connectivity index (χ4n) is 1.92. The predicted octanol–water partition coefficient (Wildman–Crippen LogP) is 2.59. The molecule has 0 unspecified atom stereocenters. The van der Waals surface area contributed by atoms with E-state index in [1.54, 1.807) is 44.6 Å². The van der Waals surface area contributed by atoms with Crippen molar-refractivity contribution in [2.75, 3.05) is 19.5 Å². The van der Waals surface area contributed by atoms with Crippen LogP contribution in [0.15, 0.2) is 42.5 Å². The molecule has 2 N–H and O–H groups in total.